The predicted octanol–water partition coefficient (Wildman–Crippen LogP) is 4.45. The number of ether oxygens (including phenoxy) is 1. The Labute approximate surface area is 173 Å². The van der Waals surface area contributed by atoms with Crippen LogP contribution in [0.15, 0.2) is 52.3 Å². The van der Waals surface area contributed by atoms with Gasteiger partial charge < -0.3 is 14.5 Å². The van der Waals surface area contributed by atoms with E-state index in [1.54, 1.807) is 20.8 Å². The number of hydrogen-bond donors (Lipinski definition) is 1. The molecule has 0 aliphatic heterocycles. The number of oxazole rings is 1. The highest BCUT2D eigenvalue weighted by molar-refractivity contribution is 7.13. The van der Waals surface area contributed by atoms with Gasteiger partial charge in [-0.05, 0) is 37.8 Å². The van der Waals surface area contributed by atoms with Gasteiger partial charge in [0.1, 0.15) is 5.76 Å². The molecular formula is C22H24N2O4S. The van der Waals surface area contributed by atoms with Gasteiger partial charge in [0.05, 0.1) is 35.6 Å². The van der Waals surface area contributed by atoms with Gasteiger partial charge in [-0.2, -0.15) is 0 Å². The van der Waals surface area contributed by atoms with Gasteiger partial charge in [-0.3, -0.25) is 9.59 Å². The summed E-state index contributed by atoms with van der Waals surface area (Å²) in [5.41, 5.74) is 1.43. The van der Waals surface area contributed by atoms with E-state index in [-0.39, 0.29) is 30.8 Å². The van der Waals surface area contributed by atoms with E-state index in [9.17, 15) is 9.59 Å². The van der Waals surface area contributed by atoms with Crippen LogP contribution < -0.4 is 5.32 Å². The first-order chi connectivity index (χ1) is 13.9. The average Bonchev–Trinajstić information content (AvgIpc) is 3.32. The van der Waals surface area contributed by atoms with Crippen LogP contribution in [0.25, 0.3) is 10.8 Å². The zero-order valence-electron chi connectivity index (χ0n) is 16.7. The molecule has 0 fully saturated rings. The van der Waals surface area contributed by atoms with Crippen molar-refractivity contribution in [1.82, 2.24) is 10.3 Å². The normalized spacial score (nSPS) is 12.0. The summed E-state index contributed by atoms with van der Waals surface area (Å²) >= 11 is 1.53. The first-order valence-electron chi connectivity index (χ1n) is 9.46. The van der Waals surface area contributed by atoms with Gasteiger partial charge in [0, 0.05) is 0 Å². The molecule has 2 heterocycles. The van der Waals surface area contributed by atoms with E-state index in [4.69, 9.17) is 9.15 Å². The fourth-order valence-corrected chi connectivity index (χ4v) is 3.56. The molecule has 2 aromatic heterocycles. The Balaban J connectivity index is 1.70. The second-order valence-corrected chi connectivity index (χ2v) is 7.90. The van der Waals surface area contributed by atoms with E-state index < -0.39 is 6.04 Å². The van der Waals surface area contributed by atoms with Gasteiger partial charge in [-0.25, -0.2) is 4.98 Å². The number of thiophene rings is 1. The summed E-state index contributed by atoms with van der Waals surface area (Å²) in [6, 6.07) is 12.8. The molecular weight excluding hydrogens is 388 g/mol. The van der Waals surface area contributed by atoms with Crippen LogP contribution in [0.4, 0.5) is 0 Å². The zero-order chi connectivity index (χ0) is 20.8. The minimum atomic E-state index is -0.473. The second kappa shape index (κ2) is 9.52. The number of carbonyl (C=O) groups is 2. The standard InChI is InChI=1S/C22H24N2O4S/c1-14(2)27-21(26)13-18(16-8-5-4-6-9-16)23-20(25)12-17-15(3)28-22(24-17)19-10-7-11-29-19/h4-11,14,18H,12-13H2,1-3H3,(H,23,25). The lowest BCUT2D eigenvalue weighted by atomic mass is 10.0. The molecule has 1 aromatic carbocycles. The molecule has 6 nitrogen and oxygen atoms in total. The van der Waals surface area contributed by atoms with Gasteiger partial charge in [0.2, 0.25) is 11.8 Å². The molecule has 1 amide bonds. The SMILES string of the molecule is Cc1oc(-c2cccs2)nc1CC(=O)NC(CC(=O)OC(C)C)c1ccccc1. The molecule has 152 valence electrons. The summed E-state index contributed by atoms with van der Waals surface area (Å²) in [6.07, 6.45) is -0.0711. The van der Waals surface area contributed by atoms with Gasteiger partial charge in [-0.1, -0.05) is 36.4 Å². The number of carbonyl (C=O) groups excluding carboxylic acids is 2. The maximum atomic E-state index is 12.7. The summed E-state index contributed by atoms with van der Waals surface area (Å²) in [4.78, 5) is 30.3. The first kappa shape index (κ1) is 20.8. The zero-order valence-corrected chi connectivity index (χ0v) is 17.5. The lowest BCUT2D eigenvalue weighted by molar-refractivity contribution is -0.148. The van der Waals surface area contributed by atoms with Crippen LogP contribution in [0.5, 0.6) is 0 Å². The van der Waals surface area contributed by atoms with E-state index in [2.05, 4.69) is 10.3 Å². The Kier molecular flexibility index (Phi) is 6.82. The molecule has 0 radical (unpaired) electrons. The number of aryl methyl sites for hydroxylation is 1. The average molecular weight is 413 g/mol. The third-order valence-electron chi connectivity index (χ3n) is 4.23. The molecule has 3 aromatic rings. The number of benzene rings is 1. The van der Waals surface area contributed by atoms with Crippen molar-refractivity contribution in [3.05, 3.63) is 64.9 Å². The van der Waals surface area contributed by atoms with Crippen LogP contribution >= 0.6 is 11.3 Å². The molecule has 0 aliphatic rings. The Bertz CT molecular complexity index is 949. The predicted molar refractivity (Wildman–Crippen MR) is 111 cm³/mol. The molecule has 0 spiro atoms. The van der Waals surface area contributed by atoms with E-state index in [0.717, 1.165) is 10.4 Å². The van der Waals surface area contributed by atoms with Gasteiger partial charge in [0.25, 0.3) is 0 Å². The highest BCUT2D eigenvalue weighted by atomic mass is 32.1. The fourth-order valence-electron chi connectivity index (χ4n) is 2.91. The van der Waals surface area contributed by atoms with Crippen LogP contribution in [0, 0.1) is 6.92 Å². The number of aromatic nitrogens is 1. The topological polar surface area (TPSA) is 81.4 Å². The molecule has 0 bridgehead atoms. The third kappa shape index (κ3) is 5.77. The van der Waals surface area contributed by atoms with E-state index in [0.29, 0.717) is 17.3 Å². The molecule has 1 N–H and O–H groups in total. The molecule has 29 heavy (non-hydrogen) atoms. The summed E-state index contributed by atoms with van der Waals surface area (Å²) in [5.74, 6) is 0.538. The molecule has 0 saturated heterocycles. The van der Waals surface area contributed by atoms with Gasteiger partial charge in [-0.15, -0.1) is 11.3 Å². The minimum absolute atomic E-state index is 0.0617. The van der Waals surface area contributed by atoms with Gasteiger partial charge in [0.15, 0.2) is 0 Å². The summed E-state index contributed by atoms with van der Waals surface area (Å²) in [7, 11) is 0. The Morgan fingerprint density at radius 3 is 2.59 bits per heavy atom. The Morgan fingerprint density at radius 2 is 1.93 bits per heavy atom. The maximum absolute atomic E-state index is 12.7. The van der Waals surface area contributed by atoms with E-state index in [1.165, 1.54) is 11.3 Å². The lowest BCUT2D eigenvalue weighted by Crippen LogP contribution is -2.32. The molecule has 0 saturated carbocycles. The largest absolute Gasteiger partial charge is 0.463 e. The number of amides is 1. The first-order valence-corrected chi connectivity index (χ1v) is 10.3. The third-order valence-corrected chi connectivity index (χ3v) is 5.09. The summed E-state index contributed by atoms with van der Waals surface area (Å²) < 4.78 is 11.0. The molecule has 1 unspecified atom stereocenters. The van der Waals surface area contributed by atoms with Crippen LogP contribution in [-0.4, -0.2) is 23.0 Å². The van der Waals surface area contributed by atoms with Crippen molar-refractivity contribution >= 4 is 23.2 Å². The van der Waals surface area contributed by atoms with Crippen molar-refractivity contribution in [2.75, 3.05) is 0 Å². The van der Waals surface area contributed by atoms with Crippen molar-refractivity contribution in [3.8, 4) is 10.8 Å². The second-order valence-electron chi connectivity index (χ2n) is 6.95. The van der Waals surface area contributed by atoms with Gasteiger partial charge >= 0.3 is 5.97 Å². The van der Waals surface area contributed by atoms with Crippen molar-refractivity contribution < 1.29 is 18.7 Å². The molecule has 3 rings (SSSR count). The number of hydrogen-bond acceptors (Lipinski definition) is 6. The Hall–Kier alpha value is -2.93. The lowest BCUT2D eigenvalue weighted by Gasteiger charge is -2.19. The van der Waals surface area contributed by atoms with Crippen molar-refractivity contribution in [1.29, 1.82) is 0 Å². The van der Waals surface area contributed by atoms with Crippen molar-refractivity contribution in [2.45, 2.75) is 45.8 Å². The quantitative estimate of drug-likeness (QED) is 0.553. The Morgan fingerprint density at radius 1 is 1.17 bits per heavy atom. The minimum Gasteiger partial charge on any atom is -0.463 e. The fraction of sp³-hybridized carbons (Fsp3) is 0.318. The molecule has 1 atom stereocenters. The van der Waals surface area contributed by atoms with Crippen LogP contribution in [0.3, 0.4) is 0 Å². The smallest absolute Gasteiger partial charge is 0.308 e. The molecule has 0 aliphatic carbocycles. The monoisotopic (exact) mass is 412 g/mol. The number of rotatable bonds is 8. The maximum Gasteiger partial charge on any atom is 0.308 e. The number of nitrogens with one attached hydrogen (secondary N) is 1. The van der Waals surface area contributed by atoms with Crippen molar-refractivity contribution in [3.63, 3.8) is 0 Å². The van der Waals surface area contributed by atoms with E-state index >= 15 is 0 Å². The highest BCUT2D eigenvalue weighted by Crippen LogP contribution is 2.26. The van der Waals surface area contributed by atoms with Crippen LogP contribution in [0.1, 0.15) is 43.3 Å². The van der Waals surface area contributed by atoms with Crippen molar-refractivity contribution in [2.24, 2.45) is 0 Å². The summed E-state index contributed by atoms with van der Waals surface area (Å²) in [6.45, 7) is 5.39. The van der Waals surface area contributed by atoms with E-state index in [1.807, 2.05) is 47.8 Å². The highest BCUT2D eigenvalue weighted by Gasteiger charge is 2.22. The van der Waals surface area contributed by atoms with Crippen LogP contribution in [-0.2, 0) is 20.7 Å². The number of esters is 1. The summed E-state index contributed by atoms with van der Waals surface area (Å²) in [5, 5.41) is 4.88. The molecule has 7 heteroatoms. The van der Waals surface area contributed by atoms with Crippen LogP contribution in [0.2, 0.25) is 0 Å². The number of nitrogens with zero attached hydrogens (tertiary/aromatic N) is 1.